The first-order chi connectivity index (χ1) is 16.5. The van der Waals surface area contributed by atoms with E-state index in [0.717, 1.165) is 76.1 Å². The van der Waals surface area contributed by atoms with E-state index in [1.165, 1.54) is 6.33 Å². The van der Waals surface area contributed by atoms with Gasteiger partial charge >= 0.3 is 0 Å². The van der Waals surface area contributed by atoms with Gasteiger partial charge in [0.1, 0.15) is 19.5 Å². The Morgan fingerprint density at radius 1 is 1.24 bits per heavy atom. The number of anilines is 1. The van der Waals surface area contributed by atoms with Crippen molar-refractivity contribution >= 4 is 57.2 Å². The maximum Gasteiger partial charge on any atom is 0.219 e. The van der Waals surface area contributed by atoms with Crippen LogP contribution in [0.3, 0.4) is 0 Å². The molecule has 180 valence electrons. The van der Waals surface area contributed by atoms with Crippen molar-refractivity contribution in [1.82, 2.24) is 24.4 Å². The molecule has 0 radical (unpaired) electrons. The highest BCUT2D eigenvalue weighted by molar-refractivity contribution is 14.1. The maximum atomic E-state index is 11.6. The highest BCUT2D eigenvalue weighted by atomic mass is 127. The van der Waals surface area contributed by atoms with Crippen LogP contribution in [-0.4, -0.2) is 56.6 Å². The topological polar surface area (TPSA) is 108 Å². The van der Waals surface area contributed by atoms with Gasteiger partial charge in [-0.15, -0.1) is 0 Å². The first kappa shape index (κ1) is 23.5. The van der Waals surface area contributed by atoms with Crippen LogP contribution in [0.4, 0.5) is 5.82 Å². The van der Waals surface area contributed by atoms with Crippen LogP contribution < -0.4 is 15.2 Å². The molecule has 2 aromatic heterocycles. The molecule has 2 N–H and O–H groups in total. The van der Waals surface area contributed by atoms with Crippen LogP contribution in [0.2, 0.25) is 0 Å². The summed E-state index contributed by atoms with van der Waals surface area (Å²) < 4.78 is 14.7. The Morgan fingerprint density at radius 2 is 2.03 bits per heavy atom. The third-order valence-corrected chi connectivity index (χ3v) is 8.61. The van der Waals surface area contributed by atoms with Crippen LogP contribution in [-0.2, 0) is 11.3 Å². The van der Waals surface area contributed by atoms with E-state index in [1.807, 2.05) is 17.0 Å². The molecule has 0 saturated carbocycles. The van der Waals surface area contributed by atoms with E-state index in [1.54, 1.807) is 18.7 Å². The van der Waals surface area contributed by atoms with Gasteiger partial charge in [0, 0.05) is 35.0 Å². The average molecular weight is 594 g/mol. The SMILES string of the molecule is CC(=O)N1CCC(CCCCn2c(Sc3cc4c(cc3I)OCCO4)nc3c(N)ncnc32)C1. The second-order valence-electron chi connectivity index (χ2n) is 8.62. The van der Waals surface area contributed by atoms with E-state index in [2.05, 4.69) is 37.1 Å². The number of nitrogen functional groups attached to an aromatic ring is 1. The number of benzene rings is 1. The number of hydrogen-bond donors (Lipinski definition) is 1. The van der Waals surface area contributed by atoms with Gasteiger partial charge in [0.05, 0.1) is 0 Å². The number of carbonyl (C=O) groups is 1. The lowest BCUT2D eigenvalue weighted by Gasteiger charge is -2.19. The molecule has 1 fully saturated rings. The second kappa shape index (κ2) is 10.1. The molecule has 0 spiro atoms. The van der Waals surface area contributed by atoms with Crippen LogP contribution in [0.25, 0.3) is 11.2 Å². The average Bonchev–Trinajstić information content (AvgIpc) is 3.43. The number of carbonyl (C=O) groups excluding carboxylic acids is 1. The zero-order chi connectivity index (χ0) is 23.7. The molecule has 1 aromatic carbocycles. The van der Waals surface area contributed by atoms with Gasteiger partial charge in [0.15, 0.2) is 33.6 Å². The molecular weight excluding hydrogens is 567 g/mol. The molecule has 5 rings (SSSR count). The van der Waals surface area contributed by atoms with Crippen LogP contribution in [0.1, 0.15) is 32.6 Å². The Hall–Kier alpha value is -2.28. The Balaban J connectivity index is 1.33. The summed E-state index contributed by atoms with van der Waals surface area (Å²) in [5.41, 5.74) is 7.51. The van der Waals surface area contributed by atoms with E-state index >= 15 is 0 Å². The zero-order valence-electron chi connectivity index (χ0n) is 19.0. The zero-order valence-corrected chi connectivity index (χ0v) is 22.0. The minimum absolute atomic E-state index is 0.181. The van der Waals surface area contributed by atoms with Crippen molar-refractivity contribution in [1.29, 1.82) is 0 Å². The molecule has 1 amide bonds. The summed E-state index contributed by atoms with van der Waals surface area (Å²) in [5, 5.41) is 0.834. The summed E-state index contributed by atoms with van der Waals surface area (Å²) in [5.74, 6) is 2.69. The fourth-order valence-corrected chi connectivity index (χ4v) is 6.21. The molecule has 11 heteroatoms. The van der Waals surface area contributed by atoms with Crippen molar-refractivity contribution in [2.75, 3.05) is 32.0 Å². The molecule has 0 aliphatic carbocycles. The van der Waals surface area contributed by atoms with Crippen molar-refractivity contribution < 1.29 is 14.3 Å². The van der Waals surface area contributed by atoms with E-state index < -0.39 is 0 Å². The molecule has 2 aliphatic rings. The predicted octanol–water partition coefficient (Wildman–Crippen LogP) is 3.97. The summed E-state index contributed by atoms with van der Waals surface area (Å²) in [4.78, 5) is 28.0. The standard InChI is InChI=1S/C23H27IN6O3S/c1-14(31)29-7-5-15(12-29)4-2-3-6-30-22-20(21(25)26-13-27-22)28-23(30)34-19-11-18-17(10-16(19)24)32-8-9-33-18/h10-11,13,15H,2-9,12H2,1H3,(H2,25,26,27). The molecule has 9 nitrogen and oxygen atoms in total. The summed E-state index contributed by atoms with van der Waals surface area (Å²) in [6.45, 7) is 5.33. The lowest BCUT2D eigenvalue weighted by atomic mass is 10.0. The van der Waals surface area contributed by atoms with Gasteiger partial charge in [-0.1, -0.05) is 18.2 Å². The fraction of sp³-hybridized carbons (Fsp3) is 0.478. The number of nitrogens with two attached hydrogens (primary N) is 1. The minimum atomic E-state index is 0.181. The molecule has 0 bridgehead atoms. The number of fused-ring (bicyclic) bond motifs is 2. The summed E-state index contributed by atoms with van der Waals surface area (Å²) in [7, 11) is 0. The second-order valence-corrected chi connectivity index (χ2v) is 10.8. The number of likely N-dealkylation sites (tertiary alicyclic amines) is 1. The first-order valence-corrected chi connectivity index (χ1v) is 13.4. The van der Waals surface area contributed by atoms with E-state index in [-0.39, 0.29) is 5.91 Å². The number of aromatic nitrogens is 4. The Labute approximate surface area is 215 Å². The molecule has 34 heavy (non-hydrogen) atoms. The van der Waals surface area contributed by atoms with Crippen LogP contribution in [0.5, 0.6) is 11.5 Å². The Bertz CT molecular complexity index is 1220. The largest absolute Gasteiger partial charge is 0.486 e. The van der Waals surface area contributed by atoms with Gasteiger partial charge in [-0.3, -0.25) is 4.79 Å². The number of rotatable bonds is 7. The molecule has 3 aromatic rings. The van der Waals surface area contributed by atoms with Gasteiger partial charge < -0.3 is 24.7 Å². The van der Waals surface area contributed by atoms with E-state index in [4.69, 9.17) is 20.2 Å². The van der Waals surface area contributed by atoms with Crippen LogP contribution >= 0.6 is 34.4 Å². The molecule has 1 atom stereocenters. The highest BCUT2D eigenvalue weighted by Gasteiger charge is 2.24. The van der Waals surface area contributed by atoms with Gasteiger partial charge in [-0.2, -0.15) is 0 Å². The van der Waals surface area contributed by atoms with Crippen molar-refractivity contribution in [3.8, 4) is 11.5 Å². The lowest BCUT2D eigenvalue weighted by molar-refractivity contribution is -0.127. The van der Waals surface area contributed by atoms with Crippen molar-refractivity contribution in [3.05, 3.63) is 22.0 Å². The number of nitrogens with zero attached hydrogens (tertiary/aromatic N) is 5. The van der Waals surface area contributed by atoms with Crippen molar-refractivity contribution in [3.63, 3.8) is 0 Å². The molecule has 2 aliphatic heterocycles. The molecule has 4 heterocycles. The van der Waals surface area contributed by atoms with Gasteiger partial charge in [0.2, 0.25) is 5.91 Å². The normalized spacial score (nSPS) is 17.5. The summed E-state index contributed by atoms with van der Waals surface area (Å²) in [6.07, 6.45) is 5.80. The summed E-state index contributed by atoms with van der Waals surface area (Å²) in [6, 6.07) is 4.02. The van der Waals surface area contributed by atoms with Crippen LogP contribution in [0, 0.1) is 9.49 Å². The van der Waals surface area contributed by atoms with Crippen molar-refractivity contribution in [2.45, 2.75) is 49.2 Å². The number of imidazole rings is 1. The quantitative estimate of drug-likeness (QED) is 0.324. The number of amides is 1. The number of aryl methyl sites for hydroxylation is 1. The minimum Gasteiger partial charge on any atom is -0.486 e. The Kier molecular flexibility index (Phi) is 7.00. The molecule has 1 saturated heterocycles. The molecule has 1 unspecified atom stereocenters. The van der Waals surface area contributed by atoms with Gasteiger partial charge in [-0.25, -0.2) is 15.0 Å². The van der Waals surface area contributed by atoms with Crippen LogP contribution in [0.15, 0.2) is 28.5 Å². The fourth-order valence-electron chi connectivity index (χ4n) is 4.49. The van der Waals surface area contributed by atoms with Gasteiger partial charge in [0.25, 0.3) is 0 Å². The first-order valence-electron chi connectivity index (χ1n) is 11.5. The number of unbranched alkanes of at least 4 members (excludes halogenated alkanes) is 1. The smallest absolute Gasteiger partial charge is 0.219 e. The molecular formula is C23H27IN6O3S. The monoisotopic (exact) mass is 594 g/mol. The number of ether oxygens (including phenoxy) is 2. The highest BCUT2D eigenvalue weighted by Crippen LogP contribution is 2.41. The Morgan fingerprint density at radius 3 is 2.79 bits per heavy atom. The summed E-state index contributed by atoms with van der Waals surface area (Å²) >= 11 is 3.89. The number of halogens is 1. The third kappa shape index (κ3) is 4.90. The lowest BCUT2D eigenvalue weighted by Crippen LogP contribution is -2.25. The number of hydrogen-bond acceptors (Lipinski definition) is 8. The van der Waals surface area contributed by atoms with E-state index in [9.17, 15) is 4.79 Å². The van der Waals surface area contributed by atoms with E-state index in [0.29, 0.717) is 30.5 Å². The maximum absolute atomic E-state index is 11.6. The predicted molar refractivity (Wildman–Crippen MR) is 138 cm³/mol. The third-order valence-electron chi connectivity index (χ3n) is 6.30. The van der Waals surface area contributed by atoms with Crippen molar-refractivity contribution in [2.24, 2.45) is 5.92 Å². The van der Waals surface area contributed by atoms with Gasteiger partial charge in [-0.05, 0) is 59.9 Å².